The number of nitrogens with one attached hydrogen (secondary N) is 2. The van der Waals surface area contributed by atoms with Gasteiger partial charge in [0.05, 0.1) is 12.2 Å². The van der Waals surface area contributed by atoms with Gasteiger partial charge in [0.1, 0.15) is 0 Å². The van der Waals surface area contributed by atoms with Crippen molar-refractivity contribution in [1.29, 1.82) is 0 Å². The highest BCUT2D eigenvalue weighted by atomic mass is 32.2. The number of carbonyl (C=O) groups is 1. The van der Waals surface area contributed by atoms with E-state index >= 15 is 0 Å². The number of hydrogen-bond donors (Lipinski definition) is 2. The second kappa shape index (κ2) is 6.36. The highest BCUT2D eigenvalue weighted by molar-refractivity contribution is 7.89. The van der Waals surface area contributed by atoms with Crippen LogP contribution in [0.4, 0.5) is 0 Å². The Labute approximate surface area is 101 Å². The standard InChI is InChI=1S/C11H16N2O3S/c1-12-17(15,16)8-7-13-11(14)9-10-5-3-2-4-6-10/h2-6,12H,7-9H2,1H3,(H,13,14). The van der Waals surface area contributed by atoms with Crippen LogP contribution in [0.2, 0.25) is 0 Å². The van der Waals surface area contributed by atoms with Gasteiger partial charge in [-0.25, -0.2) is 13.1 Å². The average molecular weight is 256 g/mol. The first kappa shape index (κ1) is 13.7. The maximum atomic E-state index is 11.5. The van der Waals surface area contributed by atoms with Gasteiger partial charge in [-0.05, 0) is 12.6 Å². The van der Waals surface area contributed by atoms with Gasteiger partial charge in [0.25, 0.3) is 0 Å². The summed E-state index contributed by atoms with van der Waals surface area (Å²) >= 11 is 0. The van der Waals surface area contributed by atoms with E-state index in [9.17, 15) is 13.2 Å². The van der Waals surface area contributed by atoms with Crippen molar-refractivity contribution < 1.29 is 13.2 Å². The molecule has 0 fully saturated rings. The Morgan fingerprint density at radius 1 is 1.24 bits per heavy atom. The third-order valence-corrected chi connectivity index (χ3v) is 3.58. The third kappa shape index (κ3) is 5.46. The highest BCUT2D eigenvalue weighted by Crippen LogP contribution is 1.98. The minimum absolute atomic E-state index is 0.107. The van der Waals surface area contributed by atoms with Crippen LogP contribution in [0.25, 0.3) is 0 Å². The van der Waals surface area contributed by atoms with Crippen molar-refractivity contribution in [1.82, 2.24) is 10.0 Å². The summed E-state index contributed by atoms with van der Waals surface area (Å²) in [6.45, 7) is 0.120. The Bertz CT molecular complexity index is 457. The summed E-state index contributed by atoms with van der Waals surface area (Å²) in [5, 5.41) is 2.56. The highest BCUT2D eigenvalue weighted by Gasteiger charge is 2.08. The van der Waals surface area contributed by atoms with Crippen molar-refractivity contribution in [3.05, 3.63) is 35.9 Å². The molecule has 0 saturated carbocycles. The van der Waals surface area contributed by atoms with Gasteiger partial charge in [-0.15, -0.1) is 0 Å². The minimum Gasteiger partial charge on any atom is -0.355 e. The van der Waals surface area contributed by atoms with E-state index in [1.807, 2.05) is 30.3 Å². The molecular formula is C11H16N2O3S. The normalized spacial score (nSPS) is 11.1. The molecule has 94 valence electrons. The molecule has 0 aromatic heterocycles. The lowest BCUT2D eigenvalue weighted by molar-refractivity contribution is -0.120. The maximum Gasteiger partial charge on any atom is 0.224 e. The molecule has 5 nitrogen and oxygen atoms in total. The first-order valence-corrected chi connectivity index (χ1v) is 6.90. The van der Waals surface area contributed by atoms with Crippen molar-refractivity contribution in [2.24, 2.45) is 0 Å². The van der Waals surface area contributed by atoms with E-state index in [1.54, 1.807) is 0 Å². The van der Waals surface area contributed by atoms with Crippen molar-refractivity contribution in [3.63, 3.8) is 0 Å². The van der Waals surface area contributed by atoms with Gasteiger partial charge in [-0.1, -0.05) is 30.3 Å². The lowest BCUT2D eigenvalue weighted by atomic mass is 10.1. The zero-order valence-electron chi connectivity index (χ0n) is 9.64. The Balaban J connectivity index is 2.32. The maximum absolute atomic E-state index is 11.5. The molecule has 0 heterocycles. The van der Waals surface area contributed by atoms with E-state index in [-0.39, 0.29) is 24.6 Å². The summed E-state index contributed by atoms with van der Waals surface area (Å²) in [4.78, 5) is 11.5. The van der Waals surface area contributed by atoms with Crippen molar-refractivity contribution >= 4 is 15.9 Å². The van der Waals surface area contributed by atoms with Gasteiger partial charge in [0, 0.05) is 6.54 Å². The summed E-state index contributed by atoms with van der Waals surface area (Å²) < 4.78 is 24.3. The largest absolute Gasteiger partial charge is 0.355 e. The van der Waals surface area contributed by atoms with Crippen molar-refractivity contribution in [2.75, 3.05) is 19.3 Å². The molecule has 0 spiro atoms. The first-order chi connectivity index (χ1) is 8.03. The summed E-state index contributed by atoms with van der Waals surface area (Å²) in [6.07, 6.45) is 0.264. The van der Waals surface area contributed by atoms with E-state index in [0.717, 1.165) is 5.56 Å². The second-order valence-corrected chi connectivity index (χ2v) is 5.58. The molecule has 0 radical (unpaired) electrons. The van der Waals surface area contributed by atoms with Gasteiger partial charge < -0.3 is 5.32 Å². The van der Waals surface area contributed by atoms with Gasteiger partial charge >= 0.3 is 0 Å². The molecule has 0 saturated heterocycles. The van der Waals surface area contributed by atoms with E-state index in [1.165, 1.54) is 7.05 Å². The Kier molecular flexibility index (Phi) is 5.11. The molecule has 1 aromatic rings. The van der Waals surface area contributed by atoms with Gasteiger partial charge in [0.15, 0.2) is 0 Å². The van der Waals surface area contributed by atoms with E-state index < -0.39 is 10.0 Å². The molecule has 2 N–H and O–H groups in total. The fraction of sp³-hybridized carbons (Fsp3) is 0.364. The van der Waals surface area contributed by atoms with Crippen LogP contribution in [0, 0.1) is 0 Å². The number of amides is 1. The number of sulfonamides is 1. The van der Waals surface area contributed by atoms with E-state index in [4.69, 9.17) is 0 Å². The van der Waals surface area contributed by atoms with Crippen LogP contribution in [-0.4, -0.2) is 33.7 Å². The fourth-order valence-corrected chi connectivity index (χ4v) is 1.85. The topological polar surface area (TPSA) is 75.3 Å². The Hall–Kier alpha value is -1.40. The predicted molar refractivity (Wildman–Crippen MR) is 66.0 cm³/mol. The zero-order valence-corrected chi connectivity index (χ0v) is 10.5. The summed E-state index contributed by atoms with van der Waals surface area (Å²) in [5.41, 5.74) is 0.904. The van der Waals surface area contributed by atoms with Crippen LogP contribution in [0.3, 0.4) is 0 Å². The number of hydrogen-bond acceptors (Lipinski definition) is 3. The molecule has 0 atom stereocenters. The molecule has 0 aliphatic carbocycles. The van der Waals surface area contributed by atoms with Crippen LogP contribution in [0.15, 0.2) is 30.3 Å². The Morgan fingerprint density at radius 2 is 1.88 bits per heavy atom. The molecule has 0 aliphatic rings. The molecule has 0 unspecified atom stereocenters. The molecule has 0 aliphatic heterocycles. The monoisotopic (exact) mass is 256 g/mol. The summed E-state index contributed by atoms with van der Waals surface area (Å²) in [5.74, 6) is -0.285. The first-order valence-electron chi connectivity index (χ1n) is 5.25. The molecule has 1 amide bonds. The molecular weight excluding hydrogens is 240 g/mol. The van der Waals surface area contributed by atoms with Crippen LogP contribution < -0.4 is 10.0 Å². The zero-order chi connectivity index (χ0) is 12.7. The Morgan fingerprint density at radius 3 is 2.47 bits per heavy atom. The SMILES string of the molecule is CNS(=O)(=O)CCNC(=O)Cc1ccccc1. The van der Waals surface area contributed by atoms with Gasteiger partial charge in [-0.3, -0.25) is 4.79 Å². The summed E-state index contributed by atoms with van der Waals surface area (Å²) in [6, 6.07) is 9.29. The molecule has 6 heteroatoms. The molecule has 17 heavy (non-hydrogen) atoms. The lowest BCUT2D eigenvalue weighted by Gasteiger charge is -2.05. The van der Waals surface area contributed by atoms with Gasteiger partial charge in [-0.2, -0.15) is 0 Å². The van der Waals surface area contributed by atoms with Crippen molar-refractivity contribution in [3.8, 4) is 0 Å². The average Bonchev–Trinajstić information content (AvgIpc) is 2.30. The number of benzene rings is 1. The third-order valence-electron chi connectivity index (χ3n) is 2.21. The van der Waals surface area contributed by atoms with E-state index in [0.29, 0.717) is 0 Å². The lowest BCUT2D eigenvalue weighted by Crippen LogP contribution is -2.33. The van der Waals surface area contributed by atoms with Crippen molar-refractivity contribution in [2.45, 2.75) is 6.42 Å². The van der Waals surface area contributed by atoms with Crippen LogP contribution >= 0.6 is 0 Å². The van der Waals surface area contributed by atoms with Crippen LogP contribution in [0.1, 0.15) is 5.56 Å². The van der Waals surface area contributed by atoms with Gasteiger partial charge in [0.2, 0.25) is 15.9 Å². The molecule has 1 aromatic carbocycles. The minimum atomic E-state index is -3.25. The fourth-order valence-electron chi connectivity index (χ4n) is 1.27. The molecule has 1 rings (SSSR count). The number of carbonyl (C=O) groups excluding carboxylic acids is 1. The van der Waals surface area contributed by atoms with Crippen LogP contribution in [-0.2, 0) is 21.2 Å². The molecule has 0 bridgehead atoms. The number of rotatable bonds is 6. The van der Waals surface area contributed by atoms with Crippen LogP contribution in [0.5, 0.6) is 0 Å². The summed E-state index contributed by atoms with van der Waals surface area (Å²) in [7, 11) is -1.90. The predicted octanol–water partition coefficient (Wildman–Crippen LogP) is -0.105. The smallest absolute Gasteiger partial charge is 0.224 e. The quantitative estimate of drug-likeness (QED) is 0.746. The van der Waals surface area contributed by atoms with E-state index in [2.05, 4.69) is 10.0 Å². The second-order valence-electron chi connectivity index (χ2n) is 3.54.